The minimum atomic E-state index is -3.76. The normalized spacial score (nSPS) is 17.2. The summed E-state index contributed by atoms with van der Waals surface area (Å²) < 4.78 is 32.9. The van der Waals surface area contributed by atoms with Crippen LogP contribution in [0, 0.1) is 13.8 Å². The number of methoxy groups -OCH3 is 1. The summed E-state index contributed by atoms with van der Waals surface area (Å²) >= 11 is 1.02. The second kappa shape index (κ2) is 5.69. The SMILES string of the molecule is COC(=O)C(C)SC1=NS(=O)(=O)c2c(C)cc(C)cc2N1. The van der Waals surface area contributed by atoms with Gasteiger partial charge in [-0.25, -0.2) is 0 Å². The molecule has 0 aromatic heterocycles. The number of hydrogen-bond donors (Lipinski definition) is 1. The molecule has 1 unspecified atom stereocenters. The minimum absolute atomic E-state index is 0.172. The zero-order chi connectivity index (χ0) is 15.8. The Kier molecular flexibility index (Phi) is 4.29. The van der Waals surface area contributed by atoms with Crippen LogP contribution < -0.4 is 5.32 Å². The van der Waals surface area contributed by atoms with Crippen molar-refractivity contribution in [2.45, 2.75) is 30.9 Å². The third-order valence-electron chi connectivity index (χ3n) is 2.94. The molecule has 1 heterocycles. The highest BCUT2D eigenvalue weighted by Gasteiger charge is 2.29. The van der Waals surface area contributed by atoms with Gasteiger partial charge in [0.05, 0.1) is 12.8 Å². The molecule has 1 aromatic rings. The molecular weight excluding hydrogens is 312 g/mol. The first-order valence-corrected chi connectivity index (χ1v) is 8.54. The molecule has 0 bridgehead atoms. The number of anilines is 1. The molecule has 0 radical (unpaired) electrons. The summed E-state index contributed by atoms with van der Waals surface area (Å²) in [5, 5.41) is 2.59. The summed E-state index contributed by atoms with van der Waals surface area (Å²) in [5.41, 5.74) is 2.08. The summed E-state index contributed by atoms with van der Waals surface area (Å²) in [6.45, 7) is 5.25. The Labute approximate surface area is 128 Å². The summed E-state index contributed by atoms with van der Waals surface area (Å²) in [5.74, 6) is -0.437. The maximum Gasteiger partial charge on any atom is 0.318 e. The van der Waals surface area contributed by atoms with E-state index in [1.165, 1.54) is 7.11 Å². The Morgan fingerprint density at radius 1 is 1.38 bits per heavy atom. The highest BCUT2D eigenvalue weighted by atomic mass is 32.2. The van der Waals surface area contributed by atoms with Crippen LogP contribution in [-0.2, 0) is 19.6 Å². The van der Waals surface area contributed by atoms with Gasteiger partial charge in [-0.3, -0.25) is 4.79 Å². The number of hydrogen-bond acceptors (Lipinski definition) is 6. The number of esters is 1. The molecule has 1 N–H and O–H groups in total. The first-order valence-electron chi connectivity index (χ1n) is 6.22. The van der Waals surface area contributed by atoms with Crippen LogP contribution in [0.1, 0.15) is 18.1 Å². The largest absolute Gasteiger partial charge is 0.468 e. The molecule has 0 saturated carbocycles. The summed E-state index contributed by atoms with van der Waals surface area (Å²) in [6, 6.07) is 3.54. The molecule has 1 atom stereocenters. The topological polar surface area (TPSA) is 84.8 Å². The number of benzene rings is 1. The molecule has 2 rings (SSSR count). The Balaban J connectivity index is 2.39. The number of carbonyl (C=O) groups is 1. The quantitative estimate of drug-likeness (QED) is 0.837. The third kappa shape index (κ3) is 3.21. The van der Waals surface area contributed by atoms with E-state index in [0.717, 1.165) is 17.3 Å². The number of nitrogens with zero attached hydrogens (tertiary/aromatic N) is 1. The summed E-state index contributed by atoms with van der Waals surface area (Å²) in [6.07, 6.45) is 0. The Morgan fingerprint density at radius 3 is 2.67 bits per heavy atom. The number of ether oxygens (including phenoxy) is 1. The van der Waals surface area contributed by atoms with E-state index in [-0.39, 0.29) is 10.1 Å². The molecule has 0 fully saturated rings. The van der Waals surface area contributed by atoms with Crippen LogP contribution in [0.25, 0.3) is 0 Å². The van der Waals surface area contributed by atoms with Crippen molar-refractivity contribution in [2.75, 3.05) is 12.4 Å². The monoisotopic (exact) mass is 328 g/mol. The molecule has 21 heavy (non-hydrogen) atoms. The molecule has 1 aromatic carbocycles. The molecule has 0 aliphatic carbocycles. The van der Waals surface area contributed by atoms with Crippen molar-refractivity contribution in [1.82, 2.24) is 0 Å². The van der Waals surface area contributed by atoms with Gasteiger partial charge < -0.3 is 10.1 Å². The Bertz CT molecular complexity index is 726. The van der Waals surface area contributed by atoms with Gasteiger partial charge in [0.1, 0.15) is 10.1 Å². The van der Waals surface area contributed by atoms with Crippen molar-refractivity contribution < 1.29 is 17.9 Å². The van der Waals surface area contributed by atoms with Crippen LogP contribution in [0.3, 0.4) is 0 Å². The number of aryl methyl sites for hydroxylation is 2. The van der Waals surface area contributed by atoms with Crippen LogP contribution in [0.4, 0.5) is 5.69 Å². The fraction of sp³-hybridized carbons (Fsp3) is 0.385. The summed E-state index contributed by atoms with van der Waals surface area (Å²) in [4.78, 5) is 11.6. The maximum absolute atomic E-state index is 12.3. The standard InChI is InChI=1S/C13H16N2O4S2/c1-7-5-8(2)11-10(6-7)14-13(15-21(11,17)18)20-9(3)12(16)19-4/h5-6,9H,1-4H3,(H,14,15). The number of sulfonamides is 1. The minimum Gasteiger partial charge on any atom is -0.468 e. The van der Waals surface area contributed by atoms with Crippen molar-refractivity contribution >= 4 is 38.6 Å². The fourth-order valence-electron chi connectivity index (χ4n) is 2.11. The lowest BCUT2D eigenvalue weighted by atomic mass is 10.1. The van der Waals surface area contributed by atoms with E-state index < -0.39 is 21.2 Å². The predicted molar refractivity (Wildman–Crippen MR) is 83.2 cm³/mol. The number of amidine groups is 1. The lowest BCUT2D eigenvalue weighted by Gasteiger charge is -2.21. The molecule has 0 saturated heterocycles. The van der Waals surface area contributed by atoms with Gasteiger partial charge in [0.2, 0.25) is 0 Å². The smallest absolute Gasteiger partial charge is 0.318 e. The van der Waals surface area contributed by atoms with Gasteiger partial charge in [-0.05, 0) is 38.0 Å². The Hall–Kier alpha value is -1.54. The van der Waals surface area contributed by atoms with Gasteiger partial charge in [0.25, 0.3) is 10.0 Å². The molecule has 114 valence electrons. The van der Waals surface area contributed by atoms with Crippen LogP contribution >= 0.6 is 11.8 Å². The van der Waals surface area contributed by atoms with Crippen molar-refractivity contribution in [2.24, 2.45) is 4.40 Å². The van der Waals surface area contributed by atoms with Gasteiger partial charge >= 0.3 is 5.97 Å². The lowest BCUT2D eigenvalue weighted by Crippen LogP contribution is -2.24. The van der Waals surface area contributed by atoms with Gasteiger partial charge in [-0.15, -0.1) is 4.40 Å². The average Bonchev–Trinajstić information content (AvgIpc) is 2.34. The summed E-state index contributed by atoms with van der Waals surface area (Å²) in [7, 11) is -2.48. The van der Waals surface area contributed by atoms with Crippen molar-refractivity contribution in [3.05, 3.63) is 23.3 Å². The van der Waals surface area contributed by atoms with Crippen LogP contribution in [0.15, 0.2) is 21.4 Å². The van der Waals surface area contributed by atoms with Crippen LogP contribution in [-0.4, -0.2) is 31.9 Å². The number of carbonyl (C=O) groups excluding carboxylic acids is 1. The number of nitrogens with one attached hydrogen (secondary N) is 1. The zero-order valence-electron chi connectivity index (χ0n) is 12.1. The van der Waals surface area contributed by atoms with Crippen molar-refractivity contribution in [3.63, 3.8) is 0 Å². The van der Waals surface area contributed by atoms with Gasteiger partial charge in [0.15, 0.2) is 5.17 Å². The first-order chi connectivity index (χ1) is 9.74. The average molecular weight is 328 g/mol. The molecule has 1 aliphatic heterocycles. The second-order valence-electron chi connectivity index (χ2n) is 4.74. The van der Waals surface area contributed by atoms with Gasteiger partial charge in [-0.1, -0.05) is 17.8 Å². The maximum atomic E-state index is 12.3. The van der Waals surface area contributed by atoms with Crippen LogP contribution in [0.2, 0.25) is 0 Å². The molecule has 8 heteroatoms. The van der Waals surface area contributed by atoms with E-state index in [0.29, 0.717) is 11.3 Å². The van der Waals surface area contributed by atoms with Gasteiger partial charge in [-0.2, -0.15) is 8.42 Å². The second-order valence-corrected chi connectivity index (χ2v) is 7.61. The van der Waals surface area contributed by atoms with E-state index in [1.54, 1.807) is 26.0 Å². The highest BCUT2D eigenvalue weighted by molar-refractivity contribution is 8.15. The van der Waals surface area contributed by atoms with Gasteiger partial charge in [0, 0.05) is 0 Å². The lowest BCUT2D eigenvalue weighted by molar-refractivity contribution is -0.139. The van der Waals surface area contributed by atoms with E-state index in [1.807, 2.05) is 6.92 Å². The molecule has 0 amide bonds. The molecule has 6 nitrogen and oxygen atoms in total. The predicted octanol–water partition coefficient (Wildman–Crippen LogP) is 2.07. The zero-order valence-corrected chi connectivity index (χ0v) is 13.8. The van der Waals surface area contributed by atoms with Crippen LogP contribution in [0.5, 0.6) is 0 Å². The Morgan fingerprint density at radius 2 is 2.05 bits per heavy atom. The first kappa shape index (κ1) is 15.8. The van der Waals surface area contributed by atoms with Crippen molar-refractivity contribution in [3.8, 4) is 0 Å². The molecule has 0 spiro atoms. The van der Waals surface area contributed by atoms with E-state index in [4.69, 9.17) is 0 Å². The highest BCUT2D eigenvalue weighted by Crippen LogP contribution is 2.33. The third-order valence-corrected chi connectivity index (χ3v) is 5.50. The van der Waals surface area contributed by atoms with E-state index in [2.05, 4.69) is 14.5 Å². The fourth-order valence-corrected chi connectivity index (χ4v) is 4.49. The number of fused-ring (bicyclic) bond motifs is 1. The molecular formula is C13H16N2O4S2. The molecule has 1 aliphatic rings. The number of rotatable bonds is 2. The van der Waals surface area contributed by atoms with Crippen molar-refractivity contribution in [1.29, 1.82) is 0 Å². The van der Waals surface area contributed by atoms with E-state index in [9.17, 15) is 13.2 Å². The van der Waals surface area contributed by atoms with E-state index >= 15 is 0 Å². The number of thioether (sulfide) groups is 1.